The summed E-state index contributed by atoms with van der Waals surface area (Å²) >= 11 is 0. The number of anilines is 1. The minimum atomic E-state index is -0.332. The number of hydrogen-bond donors (Lipinski definition) is 1. The van der Waals surface area contributed by atoms with E-state index in [1.807, 2.05) is 6.92 Å². The summed E-state index contributed by atoms with van der Waals surface area (Å²) in [7, 11) is 1.68. The van der Waals surface area contributed by atoms with Gasteiger partial charge in [-0.25, -0.2) is 4.79 Å². The Morgan fingerprint density at radius 1 is 1.21 bits per heavy atom. The van der Waals surface area contributed by atoms with Crippen molar-refractivity contribution in [3.8, 4) is 0 Å². The highest BCUT2D eigenvalue weighted by molar-refractivity contribution is 5.73. The second kappa shape index (κ2) is 4.91. The summed E-state index contributed by atoms with van der Waals surface area (Å²) < 4.78 is 4.30. The van der Waals surface area contributed by atoms with Gasteiger partial charge in [0.05, 0.1) is 0 Å². The van der Waals surface area contributed by atoms with Crippen LogP contribution in [0.2, 0.25) is 0 Å². The van der Waals surface area contributed by atoms with E-state index in [4.69, 9.17) is 5.73 Å². The molecule has 0 radical (unpaired) electrons. The number of fused-ring (bicyclic) bond motifs is 1. The molecular formula is C12H19N5O2. The van der Waals surface area contributed by atoms with Crippen molar-refractivity contribution >= 4 is 17.1 Å². The molecular weight excluding hydrogens is 246 g/mol. The molecule has 0 atom stereocenters. The van der Waals surface area contributed by atoms with Crippen molar-refractivity contribution < 1.29 is 0 Å². The maximum Gasteiger partial charge on any atom is 0.332 e. The third kappa shape index (κ3) is 1.94. The molecule has 7 nitrogen and oxygen atoms in total. The molecule has 19 heavy (non-hydrogen) atoms. The van der Waals surface area contributed by atoms with Crippen LogP contribution in [0.3, 0.4) is 0 Å². The van der Waals surface area contributed by atoms with Gasteiger partial charge in [0.25, 0.3) is 5.56 Å². The number of unbranched alkanes of at least 4 members (excludes halogenated alkanes) is 1. The third-order valence-corrected chi connectivity index (χ3v) is 3.33. The number of hydrogen-bond acceptors (Lipinski definition) is 4. The average Bonchev–Trinajstić information content (AvgIpc) is 2.66. The second-order valence-electron chi connectivity index (χ2n) is 4.54. The highest BCUT2D eigenvalue weighted by Gasteiger charge is 2.17. The zero-order chi connectivity index (χ0) is 14.2. The molecule has 0 saturated heterocycles. The Balaban J connectivity index is 2.89. The summed E-state index contributed by atoms with van der Waals surface area (Å²) in [6.45, 7) is 4.71. The Morgan fingerprint density at radius 3 is 2.47 bits per heavy atom. The van der Waals surface area contributed by atoms with Crippen molar-refractivity contribution in [2.24, 2.45) is 7.05 Å². The van der Waals surface area contributed by atoms with Crippen LogP contribution in [-0.4, -0.2) is 18.7 Å². The third-order valence-electron chi connectivity index (χ3n) is 3.33. The van der Waals surface area contributed by atoms with Gasteiger partial charge in [-0.15, -0.1) is 0 Å². The van der Waals surface area contributed by atoms with E-state index in [2.05, 4.69) is 4.98 Å². The molecule has 2 heterocycles. The van der Waals surface area contributed by atoms with E-state index in [0.29, 0.717) is 24.3 Å². The summed E-state index contributed by atoms with van der Waals surface area (Å²) in [5.41, 5.74) is 5.87. The first kappa shape index (κ1) is 13.4. The topological polar surface area (TPSA) is 87.8 Å². The number of imidazole rings is 1. The Hall–Kier alpha value is -2.05. The Labute approximate surface area is 110 Å². The molecule has 2 aromatic rings. The molecule has 7 heteroatoms. The van der Waals surface area contributed by atoms with Crippen molar-refractivity contribution in [1.82, 2.24) is 18.7 Å². The number of aryl methyl sites for hydroxylation is 2. The summed E-state index contributed by atoms with van der Waals surface area (Å²) in [6.07, 6.45) is 1.81. The lowest BCUT2D eigenvalue weighted by Crippen LogP contribution is -2.40. The fraction of sp³-hybridized carbons (Fsp3) is 0.583. The SMILES string of the molecule is CCCCn1c(=O)n(CC)c(=O)c2c1nc(N)n2C. The molecule has 0 spiro atoms. The van der Waals surface area contributed by atoms with E-state index in [1.165, 1.54) is 9.13 Å². The van der Waals surface area contributed by atoms with Crippen LogP contribution in [0.4, 0.5) is 5.95 Å². The van der Waals surface area contributed by atoms with E-state index >= 15 is 0 Å². The van der Waals surface area contributed by atoms with Crippen molar-refractivity contribution in [1.29, 1.82) is 0 Å². The lowest BCUT2D eigenvalue weighted by atomic mass is 10.3. The fourth-order valence-corrected chi connectivity index (χ4v) is 2.18. The predicted octanol–water partition coefficient (Wildman–Crippen LogP) is 0.299. The van der Waals surface area contributed by atoms with E-state index in [0.717, 1.165) is 12.8 Å². The molecule has 2 N–H and O–H groups in total. The average molecular weight is 265 g/mol. The minimum absolute atomic E-state index is 0.241. The molecule has 0 bridgehead atoms. The molecule has 104 valence electrons. The quantitative estimate of drug-likeness (QED) is 0.861. The first-order valence-corrected chi connectivity index (χ1v) is 6.48. The molecule has 0 fully saturated rings. The van der Waals surface area contributed by atoms with Crippen LogP contribution in [-0.2, 0) is 20.1 Å². The van der Waals surface area contributed by atoms with E-state index in [1.54, 1.807) is 18.5 Å². The summed E-state index contributed by atoms with van der Waals surface area (Å²) in [4.78, 5) is 28.7. The van der Waals surface area contributed by atoms with Crippen LogP contribution >= 0.6 is 0 Å². The van der Waals surface area contributed by atoms with E-state index < -0.39 is 0 Å². The molecule has 0 aliphatic rings. The van der Waals surface area contributed by atoms with Gasteiger partial charge in [0.2, 0.25) is 5.95 Å². The second-order valence-corrected chi connectivity index (χ2v) is 4.54. The number of rotatable bonds is 4. The monoisotopic (exact) mass is 265 g/mol. The minimum Gasteiger partial charge on any atom is -0.369 e. The lowest BCUT2D eigenvalue weighted by molar-refractivity contribution is 0.561. The molecule has 0 aromatic carbocycles. The number of nitrogen functional groups attached to an aromatic ring is 1. The molecule has 2 rings (SSSR count). The van der Waals surface area contributed by atoms with Crippen LogP contribution in [0.15, 0.2) is 9.59 Å². The number of aromatic nitrogens is 4. The maximum atomic E-state index is 12.3. The van der Waals surface area contributed by atoms with Gasteiger partial charge < -0.3 is 10.3 Å². The standard InChI is InChI=1S/C12H19N5O2/c1-4-6-7-17-9-8(15(3)11(13)14-9)10(18)16(5-2)12(17)19/h4-7H2,1-3H3,(H2,13,14). The van der Waals surface area contributed by atoms with Crippen LogP contribution in [0, 0.1) is 0 Å². The van der Waals surface area contributed by atoms with Crippen LogP contribution in [0.25, 0.3) is 11.2 Å². The zero-order valence-corrected chi connectivity index (χ0v) is 11.5. The predicted molar refractivity (Wildman–Crippen MR) is 74.2 cm³/mol. The Bertz CT molecular complexity index is 722. The largest absolute Gasteiger partial charge is 0.369 e. The zero-order valence-electron chi connectivity index (χ0n) is 11.5. The first-order valence-electron chi connectivity index (χ1n) is 6.48. The van der Waals surface area contributed by atoms with E-state index in [-0.39, 0.29) is 17.2 Å². The molecule has 0 unspecified atom stereocenters. The van der Waals surface area contributed by atoms with Gasteiger partial charge in [-0.05, 0) is 13.3 Å². The summed E-state index contributed by atoms with van der Waals surface area (Å²) in [5, 5.41) is 0. The van der Waals surface area contributed by atoms with Gasteiger partial charge in [0.1, 0.15) is 0 Å². The maximum absolute atomic E-state index is 12.3. The molecule has 0 aliphatic heterocycles. The summed E-state index contributed by atoms with van der Waals surface area (Å²) in [5.74, 6) is 0.241. The van der Waals surface area contributed by atoms with E-state index in [9.17, 15) is 9.59 Å². The normalized spacial score (nSPS) is 11.3. The van der Waals surface area contributed by atoms with Crippen LogP contribution in [0.5, 0.6) is 0 Å². The van der Waals surface area contributed by atoms with Gasteiger partial charge in [-0.1, -0.05) is 13.3 Å². The molecule has 0 amide bonds. The van der Waals surface area contributed by atoms with Crippen LogP contribution < -0.4 is 17.0 Å². The van der Waals surface area contributed by atoms with Crippen molar-refractivity contribution in [2.75, 3.05) is 5.73 Å². The Kier molecular flexibility index (Phi) is 3.46. The highest BCUT2D eigenvalue weighted by Crippen LogP contribution is 2.11. The van der Waals surface area contributed by atoms with Gasteiger partial charge in [0, 0.05) is 20.1 Å². The number of nitrogens with zero attached hydrogens (tertiary/aromatic N) is 4. The number of nitrogens with two attached hydrogens (primary N) is 1. The van der Waals surface area contributed by atoms with Crippen molar-refractivity contribution in [3.63, 3.8) is 0 Å². The molecule has 2 aromatic heterocycles. The fourth-order valence-electron chi connectivity index (χ4n) is 2.18. The smallest absolute Gasteiger partial charge is 0.332 e. The van der Waals surface area contributed by atoms with Gasteiger partial charge in [-0.3, -0.25) is 13.9 Å². The molecule has 0 aliphatic carbocycles. The Morgan fingerprint density at radius 2 is 1.89 bits per heavy atom. The van der Waals surface area contributed by atoms with Gasteiger partial charge in [-0.2, -0.15) is 4.98 Å². The lowest BCUT2D eigenvalue weighted by Gasteiger charge is -2.09. The first-order chi connectivity index (χ1) is 9.02. The highest BCUT2D eigenvalue weighted by atomic mass is 16.2. The van der Waals surface area contributed by atoms with Gasteiger partial charge in [0.15, 0.2) is 11.2 Å². The molecule has 0 saturated carbocycles. The van der Waals surface area contributed by atoms with Gasteiger partial charge >= 0.3 is 5.69 Å². The summed E-state index contributed by atoms with van der Waals surface area (Å²) in [6, 6.07) is 0. The van der Waals surface area contributed by atoms with Crippen LogP contribution in [0.1, 0.15) is 26.7 Å². The van der Waals surface area contributed by atoms with Crippen molar-refractivity contribution in [2.45, 2.75) is 39.8 Å². The van der Waals surface area contributed by atoms with Crippen molar-refractivity contribution in [3.05, 3.63) is 20.8 Å².